The first-order valence-corrected chi connectivity index (χ1v) is 7.77. The van der Waals surface area contributed by atoms with E-state index in [0.717, 1.165) is 16.5 Å². The van der Waals surface area contributed by atoms with Gasteiger partial charge in [-0.05, 0) is 42.4 Å². The number of hydrogen-bond donors (Lipinski definition) is 2. The lowest BCUT2D eigenvalue weighted by Gasteiger charge is -2.37. The van der Waals surface area contributed by atoms with Crippen LogP contribution < -0.4 is 11.3 Å². The van der Waals surface area contributed by atoms with Crippen LogP contribution >= 0.6 is 11.6 Å². The SMILES string of the molecule is CCC1CCCCC1C(NN)c1ccc(Cl)c(C)c1. The number of nitrogens with two attached hydrogens (primary N) is 1. The van der Waals surface area contributed by atoms with E-state index in [4.69, 9.17) is 17.4 Å². The Morgan fingerprint density at radius 1 is 1.37 bits per heavy atom. The minimum absolute atomic E-state index is 0.251. The van der Waals surface area contributed by atoms with Crippen LogP contribution in [0.2, 0.25) is 5.02 Å². The molecular formula is C16H25ClN2. The molecule has 1 saturated carbocycles. The van der Waals surface area contributed by atoms with Gasteiger partial charge in [0.15, 0.2) is 0 Å². The molecule has 0 saturated heterocycles. The van der Waals surface area contributed by atoms with Gasteiger partial charge in [-0.25, -0.2) is 0 Å². The van der Waals surface area contributed by atoms with Crippen molar-refractivity contribution in [1.29, 1.82) is 0 Å². The predicted octanol–water partition coefficient (Wildman–Crippen LogP) is 4.37. The van der Waals surface area contributed by atoms with Crippen molar-refractivity contribution in [3.05, 3.63) is 34.3 Å². The molecule has 0 bridgehead atoms. The lowest BCUT2D eigenvalue weighted by atomic mass is 9.72. The van der Waals surface area contributed by atoms with Gasteiger partial charge in [-0.3, -0.25) is 11.3 Å². The normalized spacial score (nSPS) is 25.3. The van der Waals surface area contributed by atoms with E-state index in [2.05, 4.69) is 31.4 Å². The summed E-state index contributed by atoms with van der Waals surface area (Å²) in [6.07, 6.45) is 6.55. The highest BCUT2D eigenvalue weighted by atomic mass is 35.5. The Bertz CT molecular complexity index is 419. The Kier molecular flexibility index (Phi) is 5.26. The number of aryl methyl sites for hydroxylation is 1. The van der Waals surface area contributed by atoms with Crippen molar-refractivity contribution in [3.8, 4) is 0 Å². The third kappa shape index (κ3) is 3.31. The second-order valence-electron chi connectivity index (χ2n) is 5.77. The van der Waals surface area contributed by atoms with Gasteiger partial charge in [-0.2, -0.15) is 0 Å². The van der Waals surface area contributed by atoms with E-state index in [1.807, 2.05) is 6.07 Å². The average molecular weight is 281 g/mol. The Labute approximate surface area is 121 Å². The van der Waals surface area contributed by atoms with Gasteiger partial charge in [0.1, 0.15) is 0 Å². The molecule has 0 aliphatic heterocycles. The van der Waals surface area contributed by atoms with Gasteiger partial charge in [0.25, 0.3) is 0 Å². The maximum Gasteiger partial charge on any atom is 0.0490 e. The van der Waals surface area contributed by atoms with Gasteiger partial charge in [0, 0.05) is 11.1 Å². The first-order valence-electron chi connectivity index (χ1n) is 7.39. The van der Waals surface area contributed by atoms with Crippen molar-refractivity contribution in [2.75, 3.05) is 0 Å². The zero-order chi connectivity index (χ0) is 13.8. The Balaban J connectivity index is 2.24. The Morgan fingerprint density at radius 3 is 2.74 bits per heavy atom. The van der Waals surface area contributed by atoms with Crippen molar-refractivity contribution in [2.24, 2.45) is 17.7 Å². The molecular weight excluding hydrogens is 256 g/mol. The van der Waals surface area contributed by atoms with E-state index in [-0.39, 0.29) is 6.04 Å². The maximum absolute atomic E-state index is 6.12. The van der Waals surface area contributed by atoms with Crippen LogP contribution in [0.5, 0.6) is 0 Å². The van der Waals surface area contributed by atoms with E-state index in [0.29, 0.717) is 5.92 Å². The number of hydrazine groups is 1. The largest absolute Gasteiger partial charge is 0.271 e. The fourth-order valence-corrected chi connectivity index (χ4v) is 3.63. The minimum atomic E-state index is 0.251. The lowest BCUT2D eigenvalue weighted by Crippen LogP contribution is -2.38. The van der Waals surface area contributed by atoms with Crippen LogP contribution in [0.1, 0.15) is 56.2 Å². The standard InChI is InChI=1S/C16H25ClN2/c1-3-12-6-4-5-7-14(12)16(19-18)13-8-9-15(17)11(2)10-13/h8-10,12,14,16,19H,3-7,18H2,1-2H3. The zero-order valence-corrected chi connectivity index (χ0v) is 12.7. The van der Waals surface area contributed by atoms with Crippen molar-refractivity contribution in [2.45, 2.75) is 52.0 Å². The van der Waals surface area contributed by atoms with Gasteiger partial charge in [0.05, 0.1) is 0 Å². The topological polar surface area (TPSA) is 38.0 Å². The van der Waals surface area contributed by atoms with Gasteiger partial charge in [0.2, 0.25) is 0 Å². The number of halogens is 1. The van der Waals surface area contributed by atoms with E-state index < -0.39 is 0 Å². The second kappa shape index (κ2) is 6.74. The minimum Gasteiger partial charge on any atom is -0.271 e. The van der Waals surface area contributed by atoms with Gasteiger partial charge in [-0.1, -0.05) is 56.3 Å². The molecule has 3 heteroatoms. The molecule has 1 aliphatic carbocycles. The summed E-state index contributed by atoms with van der Waals surface area (Å²) >= 11 is 6.12. The van der Waals surface area contributed by atoms with Crippen LogP contribution in [0.3, 0.4) is 0 Å². The van der Waals surface area contributed by atoms with Crippen LogP contribution in [0, 0.1) is 18.8 Å². The van der Waals surface area contributed by atoms with Crippen molar-refractivity contribution in [1.82, 2.24) is 5.43 Å². The highest BCUT2D eigenvalue weighted by molar-refractivity contribution is 6.31. The Hall–Kier alpha value is -0.570. The molecule has 1 aromatic carbocycles. The third-order valence-corrected chi connectivity index (χ3v) is 5.07. The summed E-state index contributed by atoms with van der Waals surface area (Å²) in [5, 5.41) is 0.829. The second-order valence-corrected chi connectivity index (χ2v) is 6.18. The number of nitrogens with one attached hydrogen (secondary N) is 1. The fourth-order valence-electron chi connectivity index (χ4n) is 3.51. The van der Waals surface area contributed by atoms with Crippen LogP contribution in [0.4, 0.5) is 0 Å². The summed E-state index contributed by atoms with van der Waals surface area (Å²) in [6.45, 7) is 4.35. The first kappa shape index (κ1) is 14.8. The molecule has 0 radical (unpaired) electrons. The third-order valence-electron chi connectivity index (χ3n) is 4.64. The molecule has 0 aromatic heterocycles. The Morgan fingerprint density at radius 2 is 2.11 bits per heavy atom. The lowest BCUT2D eigenvalue weighted by molar-refractivity contribution is 0.176. The molecule has 1 fully saturated rings. The maximum atomic E-state index is 6.12. The van der Waals surface area contributed by atoms with Crippen LogP contribution in [-0.2, 0) is 0 Å². The van der Waals surface area contributed by atoms with Gasteiger partial charge >= 0.3 is 0 Å². The monoisotopic (exact) mass is 280 g/mol. The summed E-state index contributed by atoms with van der Waals surface area (Å²) in [5.74, 6) is 7.28. The summed E-state index contributed by atoms with van der Waals surface area (Å²) in [5.41, 5.74) is 5.46. The van der Waals surface area contributed by atoms with Gasteiger partial charge < -0.3 is 0 Å². The van der Waals surface area contributed by atoms with Gasteiger partial charge in [-0.15, -0.1) is 0 Å². The highest BCUT2D eigenvalue weighted by Crippen LogP contribution is 2.40. The molecule has 19 heavy (non-hydrogen) atoms. The van der Waals surface area contributed by atoms with E-state index in [1.54, 1.807) is 0 Å². The molecule has 2 rings (SSSR count). The van der Waals surface area contributed by atoms with Crippen LogP contribution in [0.25, 0.3) is 0 Å². The number of benzene rings is 1. The molecule has 3 unspecified atom stereocenters. The van der Waals surface area contributed by atoms with E-state index >= 15 is 0 Å². The highest BCUT2D eigenvalue weighted by Gasteiger charge is 2.31. The summed E-state index contributed by atoms with van der Waals surface area (Å²) in [4.78, 5) is 0. The molecule has 3 atom stereocenters. The molecule has 0 heterocycles. The number of rotatable bonds is 4. The molecule has 0 amide bonds. The van der Waals surface area contributed by atoms with Crippen molar-refractivity contribution >= 4 is 11.6 Å². The summed E-state index contributed by atoms with van der Waals surface area (Å²) in [6, 6.07) is 6.52. The summed E-state index contributed by atoms with van der Waals surface area (Å²) < 4.78 is 0. The molecule has 0 spiro atoms. The smallest absolute Gasteiger partial charge is 0.0490 e. The van der Waals surface area contributed by atoms with E-state index in [9.17, 15) is 0 Å². The molecule has 106 valence electrons. The molecule has 1 aromatic rings. The fraction of sp³-hybridized carbons (Fsp3) is 0.625. The predicted molar refractivity (Wildman–Crippen MR) is 82.0 cm³/mol. The van der Waals surface area contributed by atoms with E-state index in [1.165, 1.54) is 37.7 Å². The molecule has 1 aliphatic rings. The van der Waals surface area contributed by atoms with Crippen molar-refractivity contribution in [3.63, 3.8) is 0 Å². The molecule has 2 nitrogen and oxygen atoms in total. The van der Waals surface area contributed by atoms with Crippen LogP contribution in [0.15, 0.2) is 18.2 Å². The number of hydrogen-bond acceptors (Lipinski definition) is 2. The molecule has 3 N–H and O–H groups in total. The summed E-state index contributed by atoms with van der Waals surface area (Å²) in [7, 11) is 0. The van der Waals surface area contributed by atoms with Crippen molar-refractivity contribution < 1.29 is 0 Å². The van der Waals surface area contributed by atoms with Crippen LogP contribution in [-0.4, -0.2) is 0 Å². The first-order chi connectivity index (χ1) is 9.17. The quantitative estimate of drug-likeness (QED) is 0.635. The average Bonchev–Trinajstić information content (AvgIpc) is 2.44. The zero-order valence-electron chi connectivity index (χ0n) is 12.0.